The third-order valence-corrected chi connectivity index (χ3v) is 6.46. The van der Waals surface area contributed by atoms with E-state index >= 15 is 0 Å². The minimum absolute atomic E-state index is 0.0597. The number of piperazine rings is 1. The molecular formula is C19H26N8S. The van der Waals surface area contributed by atoms with Gasteiger partial charge in [-0.2, -0.15) is 14.6 Å². The first kappa shape index (κ1) is 19.1. The van der Waals surface area contributed by atoms with Crippen molar-refractivity contribution in [3.8, 4) is 6.07 Å². The van der Waals surface area contributed by atoms with Gasteiger partial charge in [-0.15, -0.1) is 0 Å². The highest BCUT2D eigenvalue weighted by atomic mass is 32.1. The molecule has 0 bridgehead atoms. The summed E-state index contributed by atoms with van der Waals surface area (Å²) in [6.07, 6.45) is 2.42. The Bertz CT molecular complexity index is 874. The molecule has 8 nitrogen and oxygen atoms in total. The van der Waals surface area contributed by atoms with E-state index in [9.17, 15) is 5.26 Å². The fourth-order valence-electron chi connectivity index (χ4n) is 4.01. The summed E-state index contributed by atoms with van der Waals surface area (Å²) in [5, 5.41) is 13.6. The molecule has 2 fully saturated rings. The van der Waals surface area contributed by atoms with Crippen LogP contribution in [0.1, 0.15) is 17.7 Å². The lowest BCUT2D eigenvalue weighted by Gasteiger charge is -2.57. The maximum absolute atomic E-state index is 9.43. The van der Waals surface area contributed by atoms with Crippen LogP contribution >= 0.6 is 11.5 Å². The Hall–Kier alpha value is -2.28. The van der Waals surface area contributed by atoms with Crippen LogP contribution in [0.4, 0.5) is 16.8 Å². The summed E-state index contributed by atoms with van der Waals surface area (Å²) in [5.74, 6) is 1.53. The quantitative estimate of drug-likeness (QED) is 0.819. The molecule has 0 radical (unpaired) electrons. The third kappa shape index (κ3) is 3.68. The monoisotopic (exact) mass is 398 g/mol. The van der Waals surface area contributed by atoms with Crippen LogP contribution in [0.2, 0.25) is 0 Å². The topological polar surface area (TPSA) is 84.2 Å². The number of rotatable bonds is 5. The number of anilines is 3. The molecule has 2 aromatic rings. The van der Waals surface area contributed by atoms with Gasteiger partial charge >= 0.3 is 0 Å². The summed E-state index contributed by atoms with van der Waals surface area (Å²) in [6.45, 7) is 9.83. The molecule has 2 saturated heterocycles. The van der Waals surface area contributed by atoms with Gasteiger partial charge in [-0.05, 0) is 38.5 Å². The molecule has 0 aliphatic carbocycles. The number of aromatic nitrogens is 3. The van der Waals surface area contributed by atoms with E-state index in [2.05, 4.69) is 42.5 Å². The van der Waals surface area contributed by atoms with Gasteiger partial charge in [0.15, 0.2) is 0 Å². The van der Waals surface area contributed by atoms with Crippen molar-refractivity contribution in [1.82, 2.24) is 24.1 Å². The number of aryl methyl sites for hydroxylation is 2. The second kappa shape index (κ2) is 7.62. The zero-order chi connectivity index (χ0) is 19.7. The Morgan fingerprint density at radius 2 is 2.00 bits per heavy atom. The van der Waals surface area contributed by atoms with E-state index in [0.717, 1.165) is 61.3 Å². The molecule has 9 heteroatoms. The first-order valence-electron chi connectivity index (χ1n) is 9.58. The van der Waals surface area contributed by atoms with E-state index in [1.165, 1.54) is 11.5 Å². The molecule has 0 atom stereocenters. The Balaban J connectivity index is 1.49. The van der Waals surface area contributed by atoms with E-state index in [1.807, 2.05) is 26.1 Å². The third-order valence-electron chi connectivity index (χ3n) is 5.66. The van der Waals surface area contributed by atoms with Crippen LogP contribution in [-0.2, 0) is 0 Å². The van der Waals surface area contributed by atoms with E-state index in [4.69, 9.17) is 4.98 Å². The molecule has 4 rings (SSSR count). The van der Waals surface area contributed by atoms with Gasteiger partial charge in [0.25, 0.3) is 0 Å². The maximum atomic E-state index is 9.43. The molecule has 28 heavy (non-hydrogen) atoms. The van der Waals surface area contributed by atoms with Crippen LogP contribution in [0.3, 0.4) is 0 Å². The van der Waals surface area contributed by atoms with Gasteiger partial charge < -0.3 is 15.1 Å². The van der Waals surface area contributed by atoms with Crippen LogP contribution < -0.4 is 10.2 Å². The van der Waals surface area contributed by atoms with Crippen molar-refractivity contribution < 1.29 is 0 Å². The Kier molecular flexibility index (Phi) is 5.19. The fourth-order valence-corrected chi connectivity index (χ4v) is 4.67. The lowest BCUT2D eigenvalue weighted by atomic mass is 9.84. The van der Waals surface area contributed by atoms with Crippen LogP contribution in [0.25, 0.3) is 0 Å². The van der Waals surface area contributed by atoms with Crippen molar-refractivity contribution in [1.29, 1.82) is 5.26 Å². The number of nitriles is 1. The Morgan fingerprint density at radius 3 is 2.64 bits per heavy atom. The summed E-state index contributed by atoms with van der Waals surface area (Å²) in [4.78, 5) is 16.3. The molecule has 2 aromatic heterocycles. The highest BCUT2D eigenvalue weighted by Gasteiger charge is 2.48. The standard InChI is InChI=1S/C19H26N8S/c1-14-11-21-18(22-16-10-15(2)24-28-16)23-17(14)26-12-19(13-26,4-5-20)27-8-6-25(3)7-9-27/h10-11H,4,6-9,12-13H2,1-3H3,(H,21,22,23). The lowest BCUT2D eigenvalue weighted by Crippen LogP contribution is -2.72. The molecule has 0 aromatic carbocycles. The van der Waals surface area contributed by atoms with E-state index in [1.54, 1.807) is 0 Å². The van der Waals surface area contributed by atoms with Gasteiger partial charge in [-0.1, -0.05) is 0 Å². The Morgan fingerprint density at radius 1 is 1.25 bits per heavy atom. The second-order valence-corrected chi connectivity index (χ2v) is 8.67. The smallest absolute Gasteiger partial charge is 0.229 e. The molecule has 4 heterocycles. The zero-order valence-corrected chi connectivity index (χ0v) is 17.5. The van der Waals surface area contributed by atoms with Gasteiger partial charge in [-0.3, -0.25) is 4.90 Å². The van der Waals surface area contributed by atoms with Crippen molar-refractivity contribution in [3.05, 3.63) is 23.5 Å². The molecule has 0 saturated carbocycles. The zero-order valence-electron chi connectivity index (χ0n) is 16.6. The van der Waals surface area contributed by atoms with Crippen molar-refractivity contribution in [2.24, 2.45) is 0 Å². The van der Waals surface area contributed by atoms with Crippen molar-refractivity contribution in [2.75, 3.05) is 56.5 Å². The minimum Gasteiger partial charge on any atom is -0.352 e. The summed E-state index contributed by atoms with van der Waals surface area (Å²) in [7, 11) is 2.16. The molecule has 148 valence electrons. The highest BCUT2D eigenvalue weighted by Crippen LogP contribution is 2.36. The van der Waals surface area contributed by atoms with Crippen molar-refractivity contribution >= 4 is 28.3 Å². The van der Waals surface area contributed by atoms with Crippen LogP contribution in [0, 0.1) is 25.2 Å². The van der Waals surface area contributed by atoms with E-state index < -0.39 is 0 Å². The largest absolute Gasteiger partial charge is 0.352 e. The van der Waals surface area contributed by atoms with Crippen LogP contribution in [0.5, 0.6) is 0 Å². The van der Waals surface area contributed by atoms with E-state index in [-0.39, 0.29) is 5.54 Å². The predicted molar refractivity (Wildman–Crippen MR) is 111 cm³/mol. The van der Waals surface area contributed by atoms with Gasteiger partial charge in [0, 0.05) is 51.0 Å². The molecular weight excluding hydrogens is 372 g/mol. The maximum Gasteiger partial charge on any atom is 0.229 e. The minimum atomic E-state index is -0.0597. The van der Waals surface area contributed by atoms with Crippen LogP contribution in [0.15, 0.2) is 12.3 Å². The average molecular weight is 399 g/mol. The number of nitrogens with one attached hydrogen (secondary N) is 1. The second-order valence-electron chi connectivity index (χ2n) is 7.86. The average Bonchev–Trinajstić information content (AvgIpc) is 3.05. The normalized spacial score (nSPS) is 19.9. The molecule has 0 spiro atoms. The predicted octanol–water partition coefficient (Wildman–Crippen LogP) is 2.01. The van der Waals surface area contributed by atoms with Crippen LogP contribution in [-0.4, -0.2) is 76.0 Å². The highest BCUT2D eigenvalue weighted by molar-refractivity contribution is 7.10. The Labute approximate surface area is 170 Å². The van der Waals surface area contributed by atoms with Crippen molar-refractivity contribution in [3.63, 3.8) is 0 Å². The fraction of sp³-hybridized carbons (Fsp3) is 0.579. The molecule has 2 aliphatic heterocycles. The SMILES string of the molecule is Cc1cc(Nc2ncc(C)c(N3CC(CC#N)(N4CCN(C)CC4)C3)n2)sn1. The van der Waals surface area contributed by atoms with Gasteiger partial charge in [0.2, 0.25) is 5.95 Å². The van der Waals surface area contributed by atoms with Crippen molar-refractivity contribution in [2.45, 2.75) is 25.8 Å². The number of hydrogen-bond acceptors (Lipinski definition) is 9. The first-order chi connectivity index (χ1) is 13.5. The number of likely N-dealkylation sites (N-methyl/N-ethyl adjacent to an activating group) is 1. The molecule has 1 N–H and O–H groups in total. The molecule has 2 aliphatic rings. The van der Waals surface area contributed by atoms with Gasteiger partial charge in [-0.25, -0.2) is 4.98 Å². The van der Waals surface area contributed by atoms with Gasteiger partial charge in [0.05, 0.1) is 23.7 Å². The summed E-state index contributed by atoms with van der Waals surface area (Å²) in [5.41, 5.74) is 1.97. The summed E-state index contributed by atoms with van der Waals surface area (Å²) in [6, 6.07) is 4.41. The number of hydrogen-bond donors (Lipinski definition) is 1. The lowest BCUT2D eigenvalue weighted by molar-refractivity contribution is 0.0218. The van der Waals surface area contributed by atoms with Gasteiger partial charge in [0.1, 0.15) is 10.8 Å². The molecule has 0 unspecified atom stereocenters. The number of nitrogens with zero attached hydrogens (tertiary/aromatic N) is 7. The first-order valence-corrected chi connectivity index (χ1v) is 10.4. The summed E-state index contributed by atoms with van der Waals surface area (Å²) < 4.78 is 4.29. The summed E-state index contributed by atoms with van der Waals surface area (Å²) >= 11 is 1.41. The van der Waals surface area contributed by atoms with E-state index in [0.29, 0.717) is 12.4 Å². The molecule has 0 amide bonds.